The van der Waals surface area contributed by atoms with E-state index in [0.29, 0.717) is 11.5 Å². The third kappa shape index (κ3) is 5.45. The number of benzene rings is 1. The van der Waals surface area contributed by atoms with E-state index in [0.717, 1.165) is 95.6 Å². The van der Waals surface area contributed by atoms with Crippen molar-refractivity contribution in [3.05, 3.63) is 35.6 Å². The molecule has 2 bridgehead atoms. The lowest BCUT2D eigenvalue weighted by atomic mass is 9.56. The van der Waals surface area contributed by atoms with E-state index in [2.05, 4.69) is 32.2 Å². The van der Waals surface area contributed by atoms with E-state index in [1.165, 1.54) is 52.4 Å². The molecule has 4 aliphatic carbocycles. The van der Waals surface area contributed by atoms with Crippen molar-refractivity contribution in [2.45, 2.75) is 94.0 Å². The molecule has 1 N–H and O–H groups in total. The molecule has 3 atom stereocenters. The van der Waals surface area contributed by atoms with Gasteiger partial charge in [0.05, 0.1) is 18.6 Å². The Labute approximate surface area is 263 Å². The lowest BCUT2D eigenvalue weighted by molar-refractivity contribution is -0.0950. The van der Waals surface area contributed by atoms with Crippen LogP contribution in [-0.4, -0.2) is 91.8 Å². The summed E-state index contributed by atoms with van der Waals surface area (Å²) in [5.41, 5.74) is 1.28. The van der Waals surface area contributed by atoms with Gasteiger partial charge in [-0.15, -0.1) is 0 Å². The van der Waals surface area contributed by atoms with Gasteiger partial charge in [0.1, 0.15) is 5.82 Å². The summed E-state index contributed by atoms with van der Waals surface area (Å²) in [6, 6.07) is 10.1. The number of rotatable bonds is 9. The van der Waals surface area contributed by atoms with Crippen molar-refractivity contribution in [1.29, 1.82) is 5.26 Å². The Morgan fingerprint density at radius 2 is 1.75 bits per heavy atom. The lowest BCUT2D eigenvalue weighted by Gasteiger charge is -2.60. The van der Waals surface area contributed by atoms with Crippen molar-refractivity contribution < 1.29 is 13.9 Å². The van der Waals surface area contributed by atoms with Crippen LogP contribution in [0.3, 0.4) is 0 Å². The predicted octanol–water partition coefficient (Wildman–Crippen LogP) is 5.55. The molecular formula is C36H52FN5O2. The SMILES string of the molecule is COC(=O)N[C@H]1CCC[C@@H]1[C@](CN1CCC1)(c1cccc(F)c1)C1CCN(CC2CN(C34CCC(C#N)(CC3)CC4)C2)CC1. The van der Waals surface area contributed by atoms with Crippen molar-refractivity contribution in [2.24, 2.45) is 23.2 Å². The van der Waals surface area contributed by atoms with Crippen LogP contribution in [0.15, 0.2) is 24.3 Å². The van der Waals surface area contributed by atoms with Crippen molar-refractivity contribution in [3.63, 3.8) is 0 Å². The number of amides is 1. The minimum absolute atomic E-state index is 0.0133. The second kappa shape index (κ2) is 12.2. The number of hydrogen-bond acceptors (Lipinski definition) is 6. The highest BCUT2D eigenvalue weighted by molar-refractivity contribution is 5.67. The highest BCUT2D eigenvalue weighted by Crippen LogP contribution is 2.56. The second-order valence-electron chi connectivity index (χ2n) is 15.4. The number of piperidine rings is 1. The number of alkyl carbamates (subject to hydrolysis) is 1. The zero-order chi connectivity index (χ0) is 30.4. The summed E-state index contributed by atoms with van der Waals surface area (Å²) < 4.78 is 20.0. The molecule has 3 heterocycles. The maximum absolute atomic E-state index is 14.9. The highest BCUT2D eigenvalue weighted by Gasteiger charge is 2.55. The quantitative estimate of drug-likeness (QED) is 0.398. The number of carbonyl (C=O) groups excluding carboxylic acids is 1. The second-order valence-corrected chi connectivity index (χ2v) is 15.4. The number of fused-ring (bicyclic) bond motifs is 3. The first-order chi connectivity index (χ1) is 21.4. The van der Waals surface area contributed by atoms with Crippen molar-refractivity contribution in [3.8, 4) is 6.07 Å². The molecule has 1 amide bonds. The molecular weight excluding hydrogens is 553 g/mol. The number of nitrogens with one attached hydrogen (secondary N) is 1. The van der Waals surface area contributed by atoms with E-state index < -0.39 is 0 Å². The van der Waals surface area contributed by atoms with Gasteiger partial charge in [-0.25, -0.2) is 9.18 Å². The minimum Gasteiger partial charge on any atom is -0.453 e. The normalized spacial score (nSPS) is 34.9. The number of methoxy groups -OCH3 is 1. The van der Waals surface area contributed by atoms with Gasteiger partial charge in [-0.3, -0.25) is 4.90 Å². The van der Waals surface area contributed by atoms with Gasteiger partial charge in [0.15, 0.2) is 0 Å². The molecule has 7 fully saturated rings. The average Bonchev–Trinajstić information content (AvgIpc) is 3.48. The Balaban J connectivity index is 1.04. The first-order valence-electron chi connectivity index (χ1n) is 17.6. The summed E-state index contributed by atoms with van der Waals surface area (Å²) in [5, 5.41) is 12.9. The molecule has 3 aliphatic heterocycles. The van der Waals surface area contributed by atoms with Gasteiger partial charge in [-0.1, -0.05) is 18.6 Å². The Bertz CT molecular complexity index is 1210. The molecule has 44 heavy (non-hydrogen) atoms. The fraction of sp³-hybridized carbons (Fsp3) is 0.778. The van der Waals surface area contributed by atoms with Crippen LogP contribution in [0, 0.1) is 40.3 Å². The topological polar surface area (TPSA) is 71.8 Å². The third-order valence-electron chi connectivity index (χ3n) is 13.4. The number of halogens is 1. The molecule has 4 saturated carbocycles. The Hall–Kier alpha value is -2.21. The van der Waals surface area contributed by atoms with Crippen LogP contribution in [0.4, 0.5) is 9.18 Å². The first-order valence-corrected chi connectivity index (χ1v) is 17.6. The maximum atomic E-state index is 14.9. The molecule has 8 heteroatoms. The monoisotopic (exact) mass is 605 g/mol. The zero-order valence-corrected chi connectivity index (χ0v) is 26.7. The van der Waals surface area contributed by atoms with Gasteiger partial charge in [0, 0.05) is 43.2 Å². The summed E-state index contributed by atoms with van der Waals surface area (Å²) in [6.45, 7) is 8.94. The Kier molecular flexibility index (Phi) is 8.43. The van der Waals surface area contributed by atoms with Gasteiger partial charge in [0.2, 0.25) is 0 Å². The maximum Gasteiger partial charge on any atom is 0.407 e. The fourth-order valence-corrected chi connectivity index (χ4v) is 10.6. The molecule has 7 aliphatic rings. The van der Waals surface area contributed by atoms with E-state index >= 15 is 0 Å². The molecule has 1 aromatic rings. The molecule has 0 unspecified atom stereocenters. The number of hydrogen-bond donors (Lipinski definition) is 1. The van der Waals surface area contributed by atoms with E-state index in [-0.39, 0.29) is 34.7 Å². The smallest absolute Gasteiger partial charge is 0.407 e. The number of nitriles is 1. The summed E-state index contributed by atoms with van der Waals surface area (Å²) in [7, 11) is 1.44. The summed E-state index contributed by atoms with van der Waals surface area (Å²) in [6.07, 6.45) is 13.1. The largest absolute Gasteiger partial charge is 0.453 e. The van der Waals surface area contributed by atoms with Crippen molar-refractivity contribution in [1.82, 2.24) is 20.0 Å². The standard InChI is InChI=1S/C36H52FN5O2/c1-44-33(43)39-32-8-3-7-31(32)36(26-41-17-4-18-41,29-5-2-6-30(37)21-29)28-9-19-40(20-10-28)22-27-23-42(24-27)35-14-11-34(25-38,12-15-35)13-16-35/h2,5-6,21,27-28,31-32H,3-4,7-20,22-24,26H2,1H3,(H,39,43)/t31-,32-,34?,35?,36-/m0/s1. The van der Waals surface area contributed by atoms with Gasteiger partial charge < -0.3 is 19.9 Å². The Morgan fingerprint density at radius 1 is 1.02 bits per heavy atom. The molecule has 7 nitrogen and oxygen atoms in total. The van der Waals surface area contributed by atoms with Gasteiger partial charge in [-0.05, 0) is 132 Å². The predicted molar refractivity (Wildman–Crippen MR) is 169 cm³/mol. The Morgan fingerprint density at radius 3 is 2.36 bits per heavy atom. The molecule has 1 aromatic carbocycles. The number of ether oxygens (including phenoxy) is 1. The number of likely N-dealkylation sites (tertiary alicyclic amines) is 3. The summed E-state index contributed by atoms with van der Waals surface area (Å²) in [5.74, 6) is 1.27. The minimum atomic E-state index is -0.353. The van der Waals surface area contributed by atoms with Gasteiger partial charge in [-0.2, -0.15) is 5.26 Å². The van der Waals surface area contributed by atoms with Crippen molar-refractivity contribution >= 4 is 6.09 Å². The molecule has 0 spiro atoms. The van der Waals surface area contributed by atoms with Crippen LogP contribution in [-0.2, 0) is 10.2 Å². The van der Waals surface area contributed by atoms with Crippen LogP contribution in [0.1, 0.15) is 82.6 Å². The summed E-state index contributed by atoms with van der Waals surface area (Å²) >= 11 is 0. The van der Waals surface area contributed by atoms with E-state index in [4.69, 9.17) is 4.74 Å². The van der Waals surface area contributed by atoms with Crippen LogP contribution in [0.5, 0.6) is 0 Å². The van der Waals surface area contributed by atoms with E-state index in [1.54, 1.807) is 12.1 Å². The highest BCUT2D eigenvalue weighted by atomic mass is 19.1. The van der Waals surface area contributed by atoms with Crippen LogP contribution in [0.2, 0.25) is 0 Å². The van der Waals surface area contributed by atoms with Crippen LogP contribution >= 0.6 is 0 Å². The molecule has 0 aromatic heterocycles. The number of nitrogens with zero attached hydrogens (tertiary/aromatic N) is 4. The molecule has 240 valence electrons. The van der Waals surface area contributed by atoms with E-state index in [9.17, 15) is 14.4 Å². The number of carbonyl (C=O) groups is 1. The zero-order valence-electron chi connectivity index (χ0n) is 26.7. The lowest BCUT2D eigenvalue weighted by Crippen LogP contribution is -2.65. The van der Waals surface area contributed by atoms with E-state index in [1.807, 2.05) is 6.07 Å². The third-order valence-corrected chi connectivity index (χ3v) is 13.4. The van der Waals surface area contributed by atoms with Gasteiger partial charge >= 0.3 is 6.09 Å². The van der Waals surface area contributed by atoms with Crippen LogP contribution in [0.25, 0.3) is 0 Å². The fourth-order valence-electron chi connectivity index (χ4n) is 10.6. The molecule has 3 saturated heterocycles. The van der Waals surface area contributed by atoms with Crippen molar-refractivity contribution in [2.75, 3.05) is 59.5 Å². The molecule has 0 radical (unpaired) electrons. The average molecular weight is 606 g/mol. The molecule has 8 rings (SSSR count). The van der Waals surface area contributed by atoms with Crippen LogP contribution < -0.4 is 5.32 Å². The summed E-state index contributed by atoms with van der Waals surface area (Å²) in [4.78, 5) is 20.5. The van der Waals surface area contributed by atoms with Gasteiger partial charge in [0.25, 0.3) is 0 Å². The first kappa shape index (κ1) is 30.4.